The summed E-state index contributed by atoms with van der Waals surface area (Å²) in [6.45, 7) is 6.33. The van der Waals surface area contributed by atoms with Crippen molar-refractivity contribution in [2.75, 3.05) is 13.7 Å². The first kappa shape index (κ1) is 22.0. The Hall–Kier alpha value is -3.19. The minimum absolute atomic E-state index is 0.268. The molecule has 1 fully saturated rings. The van der Waals surface area contributed by atoms with Crippen molar-refractivity contribution >= 4 is 17.7 Å². The third-order valence-corrected chi connectivity index (χ3v) is 5.86. The number of likely N-dealkylation sites (tertiary alicyclic amines) is 1. The van der Waals surface area contributed by atoms with Crippen LogP contribution in [0.2, 0.25) is 5.02 Å². The summed E-state index contributed by atoms with van der Waals surface area (Å²) < 4.78 is 13.5. The zero-order valence-corrected chi connectivity index (χ0v) is 19.2. The molecular formula is C24H26ClN3O4. The number of para-hydroxylation sites is 2. The van der Waals surface area contributed by atoms with E-state index >= 15 is 0 Å². The van der Waals surface area contributed by atoms with Crippen molar-refractivity contribution in [1.82, 2.24) is 14.7 Å². The molecule has 1 N–H and O–H groups in total. The molecule has 1 aromatic heterocycles. The van der Waals surface area contributed by atoms with Gasteiger partial charge < -0.3 is 14.6 Å². The maximum Gasteiger partial charge on any atom is 0.407 e. The Morgan fingerprint density at radius 3 is 2.47 bits per heavy atom. The number of carbonyl (C=O) groups is 1. The molecule has 1 aliphatic heterocycles. The summed E-state index contributed by atoms with van der Waals surface area (Å²) in [4.78, 5) is 13.0. The topological polar surface area (TPSA) is 76.8 Å². The summed E-state index contributed by atoms with van der Waals surface area (Å²) >= 11 is 6.08. The van der Waals surface area contributed by atoms with Gasteiger partial charge in [-0.2, -0.15) is 0 Å². The maximum absolute atomic E-state index is 11.6. The molecule has 0 spiro atoms. The number of amides is 1. The van der Waals surface area contributed by atoms with Gasteiger partial charge in [0.1, 0.15) is 17.5 Å². The van der Waals surface area contributed by atoms with Crippen LogP contribution >= 0.6 is 11.6 Å². The third-order valence-electron chi connectivity index (χ3n) is 5.61. The number of ether oxygens (including phenoxy) is 2. The zero-order valence-electron chi connectivity index (χ0n) is 18.4. The highest BCUT2D eigenvalue weighted by Gasteiger charge is 2.50. The first-order chi connectivity index (χ1) is 15.2. The molecule has 1 aliphatic rings. The molecule has 1 saturated heterocycles. The van der Waals surface area contributed by atoms with Gasteiger partial charge in [0, 0.05) is 16.7 Å². The van der Waals surface area contributed by atoms with Crippen molar-refractivity contribution < 1.29 is 19.4 Å². The molecule has 8 heteroatoms. The Kier molecular flexibility index (Phi) is 5.77. The molecule has 7 nitrogen and oxygen atoms in total. The summed E-state index contributed by atoms with van der Waals surface area (Å²) in [5, 5.41) is 14.9. The normalized spacial score (nSPS) is 18.2. The molecule has 0 aliphatic carbocycles. The van der Waals surface area contributed by atoms with E-state index in [0.29, 0.717) is 23.2 Å². The first-order valence-corrected chi connectivity index (χ1v) is 10.7. The van der Waals surface area contributed by atoms with Crippen LogP contribution in [-0.2, 0) is 0 Å². The third kappa shape index (κ3) is 4.12. The number of halogens is 1. The van der Waals surface area contributed by atoms with Crippen LogP contribution in [0.1, 0.15) is 20.8 Å². The fourth-order valence-corrected chi connectivity index (χ4v) is 4.31. The van der Waals surface area contributed by atoms with Gasteiger partial charge in [-0.3, -0.25) is 4.90 Å². The van der Waals surface area contributed by atoms with Gasteiger partial charge in [0.05, 0.1) is 25.4 Å². The van der Waals surface area contributed by atoms with Crippen LogP contribution in [0, 0.1) is 5.41 Å². The van der Waals surface area contributed by atoms with Gasteiger partial charge >= 0.3 is 6.09 Å². The predicted octanol–water partition coefficient (Wildman–Crippen LogP) is 5.36. The van der Waals surface area contributed by atoms with Crippen LogP contribution in [0.3, 0.4) is 0 Å². The number of methoxy groups -OCH3 is 1. The van der Waals surface area contributed by atoms with E-state index in [1.807, 2.05) is 75.4 Å². The molecule has 168 valence electrons. The average molecular weight is 456 g/mol. The van der Waals surface area contributed by atoms with Crippen molar-refractivity contribution in [1.29, 1.82) is 0 Å². The standard InChI is InChI=1S/C24H26ClN3O4/c1-24(2,3)22-20(14-27(22)23(29)30)32-21-13-18(15-9-11-16(25)12-10-15)28(26-21)17-7-5-6-8-19(17)31-4/h5-13,20,22H,14H2,1-4H3,(H,29,30). The van der Waals surface area contributed by atoms with Crippen LogP contribution < -0.4 is 9.47 Å². The molecule has 2 aromatic carbocycles. The van der Waals surface area contributed by atoms with Crippen LogP contribution in [0.4, 0.5) is 4.79 Å². The number of benzene rings is 2. The Balaban J connectivity index is 1.73. The molecule has 0 radical (unpaired) electrons. The fourth-order valence-electron chi connectivity index (χ4n) is 4.18. The van der Waals surface area contributed by atoms with Crippen LogP contribution in [0.15, 0.2) is 54.6 Å². The van der Waals surface area contributed by atoms with E-state index in [1.165, 1.54) is 4.90 Å². The monoisotopic (exact) mass is 455 g/mol. The quantitative estimate of drug-likeness (QED) is 0.560. The Morgan fingerprint density at radius 2 is 1.84 bits per heavy atom. The van der Waals surface area contributed by atoms with Crippen LogP contribution in [0.25, 0.3) is 16.9 Å². The summed E-state index contributed by atoms with van der Waals surface area (Å²) in [5.74, 6) is 1.09. The van der Waals surface area contributed by atoms with Crippen LogP contribution in [0.5, 0.6) is 11.6 Å². The van der Waals surface area contributed by atoms with E-state index in [-0.39, 0.29) is 17.6 Å². The molecule has 2 unspecified atom stereocenters. The second-order valence-corrected chi connectivity index (χ2v) is 9.30. The van der Waals surface area contributed by atoms with Gasteiger partial charge in [-0.25, -0.2) is 9.48 Å². The molecule has 0 saturated carbocycles. The Labute approximate surface area is 192 Å². The summed E-state index contributed by atoms with van der Waals surface area (Å²) in [6, 6.07) is 16.7. The van der Waals surface area contributed by atoms with E-state index in [0.717, 1.165) is 16.9 Å². The van der Waals surface area contributed by atoms with Crippen molar-refractivity contribution in [2.24, 2.45) is 5.41 Å². The molecule has 4 rings (SSSR count). The zero-order chi connectivity index (χ0) is 23.0. The minimum atomic E-state index is -0.939. The fraction of sp³-hybridized carbons (Fsp3) is 0.333. The second kappa shape index (κ2) is 8.39. The van der Waals surface area contributed by atoms with Gasteiger partial charge in [-0.1, -0.05) is 56.6 Å². The lowest BCUT2D eigenvalue weighted by Crippen LogP contribution is -2.68. The summed E-state index contributed by atoms with van der Waals surface area (Å²) in [5.41, 5.74) is 2.22. The lowest BCUT2D eigenvalue weighted by molar-refractivity contribution is -0.0791. The van der Waals surface area contributed by atoms with E-state index in [2.05, 4.69) is 0 Å². The molecule has 3 aromatic rings. The lowest BCUT2D eigenvalue weighted by Gasteiger charge is -2.51. The van der Waals surface area contributed by atoms with E-state index in [4.69, 9.17) is 26.2 Å². The molecule has 32 heavy (non-hydrogen) atoms. The number of carboxylic acid groups (broad SMARTS) is 1. The molecule has 2 atom stereocenters. The maximum atomic E-state index is 11.6. The molecular weight excluding hydrogens is 430 g/mol. The summed E-state index contributed by atoms with van der Waals surface area (Å²) in [6.07, 6.45) is -1.23. The average Bonchev–Trinajstić information content (AvgIpc) is 3.13. The first-order valence-electron chi connectivity index (χ1n) is 10.3. The Bertz CT molecular complexity index is 1120. The molecule has 2 heterocycles. The van der Waals surface area contributed by atoms with Crippen LogP contribution in [-0.4, -0.2) is 51.7 Å². The summed E-state index contributed by atoms with van der Waals surface area (Å²) in [7, 11) is 1.62. The van der Waals surface area contributed by atoms with Gasteiger partial charge in [0.2, 0.25) is 5.88 Å². The Morgan fingerprint density at radius 1 is 1.16 bits per heavy atom. The van der Waals surface area contributed by atoms with Gasteiger partial charge in [-0.15, -0.1) is 5.10 Å². The smallest absolute Gasteiger partial charge is 0.407 e. The highest BCUT2D eigenvalue weighted by molar-refractivity contribution is 6.30. The van der Waals surface area contributed by atoms with E-state index in [9.17, 15) is 9.90 Å². The van der Waals surface area contributed by atoms with Crippen molar-refractivity contribution in [2.45, 2.75) is 32.9 Å². The van der Waals surface area contributed by atoms with Crippen molar-refractivity contribution in [3.63, 3.8) is 0 Å². The predicted molar refractivity (Wildman–Crippen MR) is 123 cm³/mol. The number of rotatable bonds is 5. The van der Waals surface area contributed by atoms with Gasteiger partial charge in [-0.05, 0) is 29.7 Å². The number of hydrogen-bond donors (Lipinski definition) is 1. The molecule has 1 amide bonds. The lowest BCUT2D eigenvalue weighted by atomic mass is 9.77. The largest absolute Gasteiger partial charge is 0.494 e. The van der Waals surface area contributed by atoms with E-state index < -0.39 is 6.09 Å². The highest BCUT2D eigenvalue weighted by Crippen LogP contribution is 2.38. The van der Waals surface area contributed by atoms with Crippen molar-refractivity contribution in [3.8, 4) is 28.6 Å². The van der Waals surface area contributed by atoms with Crippen molar-refractivity contribution in [3.05, 3.63) is 59.6 Å². The number of hydrogen-bond acceptors (Lipinski definition) is 4. The highest BCUT2D eigenvalue weighted by atomic mass is 35.5. The SMILES string of the molecule is COc1ccccc1-n1nc(OC2CN(C(=O)O)C2C(C)(C)C)cc1-c1ccc(Cl)cc1. The minimum Gasteiger partial charge on any atom is -0.494 e. The van der Waals surface area contributed by atoms with E-state index in [1.54, 1.807) is 11.8 Å². The van der Waals surface area contributed by atoms with Gasteiger partial charge in [0.25, 0.3) is 0 Å². The second-order valence-electron chi connectivity index (χ2n) is 8.86. The number of nitrogens with zero attached hydrogens (tertiary/aromatic N) is 3. The van der Waals surface area contributed by atoms with Gasteiger partial charge in [0.15, 0.2) is 0 Å². The molecule has 0 bridgehead atoms. The number of aromatic nitrogens is 2.